The molecule has 0 aliphatic rings. The number of hydrogen-bond acceptors (Lipinski definition) is 3. The summed E-state index contributed by atoms with van der Waals surface area (Å²) >= 11 is 5.62. The van der Waals surface area contributed by atoms with Crippen LogP contribution in [0.5, 0.6) is 0 Å². The van der Waals surface area contributed by atoms with Crippen molar-refractivity contribution < 1.29 is 17.2 Å². The van der Waals surface area contributed by atoms with Gasteiger partial charge in [-0.25, -0.2) is 17.2 Å². The summed E-state index contributed by atoms with van der Waals surface area (Å²) < 4.78 is 51.9. The molecule has 0 radical (unpaired) electrons. The summed E-state index contributed by atoms with van der Waals surface area (Å²) in [6.45, 7) is 3.37. The Kier molecular flexibility index (Phi) is 6.64. The summed E-state index contributed by atoms with van der Waals surface area (Å²) in [7, 11) is -3.72. The first-order valence-corrected chi connectivity index (χ1v) is 8.24. The van der Waals surface area contributed by atoms with E-state index in [1.165, 1.54) is 0 Å². The normalized spacial score (nSPS) is 11.6. The van der Waals surface area contributed by atoms with Gasteiger partial charge in [0.15, 0.2) is 5.82 Å². The van der Waals surface area contributed by atoms with Gasteiger partial charge in [0.1, 0.15) is 11.5 Å². The van der Waals surface area contributed by atoms with Crippen molar-refractivity contribution in [1.82, 2.24) is 5.32 Å². The fourth-order valence-corrected chi connectivity index (χ4v) is 2.98. The second-order valence-electron chi connectivity index (χ2n) is 4.27. The second kappa shape index (κ2) is 7.75. The lowest BCUT2D eigenvalue weighted by Crippen LogP contribution is -2.23. The number of halogens is 3. The van der Waals surface area contributed by atoms with E-state index in [1.54, 1.807) is 0 Å². The average molecular weight is 327 g/mol. The predicted octanol–water partition coefficient (Wildman–Crippen LogP) is 2.75. The number of nitrogens with one attached hydrogen (secondary N) is 2. The van der Waals surface area contributed by atoms with Crippen LogP contribution in [0.25, 0.3) is 0 Å². The molecule has 1 aromatic carbocycles. The first kappa shape index (κ1) is 17.1. The molecular formula is C12H17ClF2N2O2S. The average Bonchev–Trinajstić information content (AvgIpc) is 2.33. The van der Waals surface area contributed by atoms with Crippen LogP contribution >= 0.6 is 11.6 Å². The van der Waals surface area contributed by atoms with Crippen molar-refractivity contribution in [2.24, 2.45) is 0 Å². The van der Waals surface area contributed by atoms with E-state index in [9.17, 15) is 17.2 Å². The number of hydrogen-bond donors (Lipinski definition) is 2. The van der Waals surface area contributed by atoms with Crippen LogP contribution in [0.2, 0.25) is 5.02 Å². The van der Waals surface area contributed by atoms with Crippen LogP contribution in [-0.4, -0.2) is 27.3 Å². The highest BCUT2D eigenvalue weighted by atomic mass is 35.5. The van der Waals surface area contributed by atoms with Crippen LogP contribution in [0.3, 0.4) is 0 Å². The Hall–Kier alpha value is -0.920. The quantitative estimate of drug-likeness (QED) is 0.722. The van der Waals surface area contributed by atoms with E-state index in [4.69, 9.17) is 11.6 Å². The minimum Gasteiger partial charge on any atom is -0.317 e. The first-order chi connectivity index (χ1) is 9.35. The molecule has 4 nitrogen and oxygen atoms in total. The van der Waals surface area contributed by atoms with Crippen molar-refractivity contribution in [1.29, 1.82) is 0 Å². The van der Waals surface area contributed by atoms with Gasteiger partial charge < -0.3 is 5.32 Å². The molecule has 8 heteroatoms. The topological polar surface area (TPSA) is 58.2 Å². The number of anilines is 1. The molecule has 20 heavy (non-hydrogen) atoms. The van der Waals surface area contributed by atoms with Crippen LogP contribution < -0.4 is 10.0 Å². The van der Waals surface area contributed by atoms with Gasteiger partial charge >= 0.3 is 0 Å². The molecule has 2 N–H and O–H groups in total. The lowest BCUT2D eigenvalue weighted by atomic mass is 10.3. The third-order valence-corrected chi connectivity index (χ3v) is 4.10. The van der Waals surface area contributed by atoms with E-state index in [0.717, 1.165) is 19.0 Å². The Morgan fingerprint density at radius 2 is 1.95 bits per heavy atom. The molecule has 1 rings (SSSR count). The zero-order valence-electron chi connectivity index (χ0n) is 11.0. The second-order valence-corrected chi connectivity index (χ2v) is 6.52. The highest BCUT2D eigenvalue weighted by molar-refractivity contribution is 7.92. The van der Waals surface area contributed by atoms with Crippen LogP contribution in [0, 0.1) is 11.6 Å². The highest BCUT2D eigenvalue weighted by Crippen LogP contribution is 2.27. The zero-order chi connectivity index (χ0) is 15.2. The van der Waals surface area contributed by atoms with E-state index in [1.807, 2.05) is 11.6 Å². The Bertz CT molecular complexity index is 529. The molecule has 0 heterocycles. The monoisotopic (exact) mass is 326 g/mol. The maximum atomic E-state index is 13.5. The zero-order valence-corrected chi connectivity index (χ0v) is 12.6. The van der Waals surface area contributed by atoms with E-state index in [-0.39, 0.29) is 10.8 Å². The van der Waals surface area contributed by atoms with Gasteiger partial charge in [0, 0.05) is 6.07 Å². The summed E-state index contributed by atoms with van der Waals surface area (Å²) in [5, 5.41) is 2.75. The smallest absolute Gasteiger partial charge is 0.232 e. The minimum atomic E-state index is -3.72. The van der Waals surface area contributed by atoms with E-state index < -0.39 is 27.3 Å². The molecule has 0 aliphatic heterocycles. The minimum absolute atomic E-state index is 0.170. The Balaban J connectivity index is 2.63. The molecule has 0 saturated carbocycles. The maximum absolute atomic E-state index is 13.5. The molecule has 0 fully saturated rings. The van der Waals surface area contributed by atoms with Gasteiger partial charge in [0.2, 0.25) is 10.0 Å². The van der Waals surface area contributed by atoms with Gasteiger partial charge in [-0.3, -0.25) is 4.72 Å². The van der Waals surface area contributed by atoms with Crippen LogP contribution in [-0.2, 0) is 10.0 Å². The van der Waals surface area contributed by atoms with Crippen LogP contribution in [0.1, 0.15) is 19.8 Å². The fourth-order valence-electron chi connectivity index (χ4n) is 1.54. The molecule has 114 valence electrons. The summed E-state index contributed by atoms with van der Waals surface area (Å²) in [4.78, 5) is 0. The van der Waals surface area contributed by atoms with Gasteiger partial charge in [-0.2, -0.15) is 0 Å². The van der Waals surface area contributed by atoms with Crippen molar-refractivity contribution in [3.05, 3.63) is 28.8 Å². The van der Waals surface area contributed by atoms with Gasteiger partial charge in [-0.05, 0) is 32.0 Å². The third-order valence-electron chi connectivity index (χ3n) is 2.46. The van der Waals surface area contributed by atoms with Gasteiger partial charge in [-0.1, -0.05) is 18.5 Å². The number of rotatable bonds is 8. The highest BCUT2D eigenvalue weighted by Gasteiger charge is 2.16. The number of sulfonamides is 1. The molecule has 0 saturated heterocycles. The van der Waals surface area contributed by atoms with Gasteiger partial charge in [-0.15, -0.1) is 0 Å². The summed E-state index contributed by atoms with van der Waals surface area (Å²) in [6, 6.07) is 1.43. The molecule has 0 atom stereocenters. The summed E-state index contributed by atoms with van der Waals surface area (Å²) in [5.41, 5.74) is -0.422. The lowest BCUT2D eigenvalue weighted by Gasteiger charge is -2.11. The Morgan fingerprint density at radius 3 is 2.55 bits per heavy atom. The van der Waals surface area contributed by atoms with Crippen molar-refractivity contribution in [2.45, 2.75) is 19.8 Å². The van der Waals surface area contributed by atoms with E-state index in [2.05, 4.69) is 5.32 Å². The van der Waals surface area contributed by atoms with Gasteiger partial charge in [0.05, 0.1) is 10.8 Å². The molecular weight excluding hydrogens is 310 g/mol. The summed E-state index contributed by atoms with van der Waals surface area (Å²) in [6.07, 6.45) is 1.34. The van der Waals surface area contributed by atoms with Crippen molar-refractivity contribution in [2.75, 3.05) is 23.6 Å². The fraction of sp³-hybridized carbons (Fsp3) is 0.500. The van der Waals surface area contributed by atoms with E-state index >= 15 is 0 Å². The first-order valence-electron chi connectivity index (χ1n) is 6.21. The van der Waals surface area contributed by atoms with Crippen LogP contribution in [0.15, 0.2) is 12.1 Å². The molecule has 0 unspecified atom stereocenters. The molecule has 0 spiro atoms. The lowest BCUT2D eigenvalue weighted by molar-refractivity contribution is 0.581. The molecule has 1 aromatic rings. The predicted molar refractivity (Wildman–Crippen MR) is 76.6 cm³/mol. The standard InChI is InChI=1S/C12H17ClF2N2O2S/c1-2-4-16-5-3-6-20(18,19)17-12-10(13)7-9(14)8-11(12)15/h7-8,16-17H,2-6H2,1H3. The van der Waals surface area contributed by atoms with Crippen molar-refractivity contribution in [3.63, 3.8) is 0 Å². The van der Waals surface area contributed by atoms with Crippen molar-refractivity contribution in [3.8, 4) is 0 Å². The van der Waals surface area contributed by atoms with Crippen molar-refractivity contribution >= 4 is 27.3 Å². The Morgan fingerprint density at radius 1 is 1.25 bits per heavy atom. The van der Waals surface area contributed by atoms with Crippen LogP contribution in [0.4, 0.5) is 14.5 Å². The maximum Gasteiger partial charge on any atom is 0.232 e. The Labute approximate surface area is 122 Å². The molecule has 0 aliphatic carbocycles. The third kappa shape index (κ3) is 5.60. The largest absolute Gasteiger partial charge is 0.317 e. The molecule has 0 amide bonds. The van der Waals surface area contributed by atoms with Gasteiger partial charge in [0.25, 0.3) is 0 Å². The molecule has 0 aromatic heterocycles. The summed E-state index contributed by atoms with van der Waals surface area (Å²) in [5.74, 6) is -2.07. The molecule has 0 bridgehead atoms. The number of benzene rings is 1. The van der Waals surface area contributed by atoms with E-state index in [0.29, 0.717) is 19.0 Å². The SMILES string of the molecule is CCCNCCCS(=O)(=O)Nc1c(F)cc(F)cc1Cl.